The summed E-state index contributed by atoms with van der Waals surface area (Å²) in [5, 5.41) is 12.1. The molecule has 3 aromatic rings. The quantitative estimate of drug-likeness (QED) is 0.267. The molecule has 0 spiro atoms. The fourth-order valence-electron chi connectivity index (χ4n) is 5.70. The average Bonchev–Trinajstić information content (AvgIpc) is 3.08. The number of carbonyl (C=O) groups excluding carboxylic acids is 3. The summed E-state index contributed by atoms with van der Waals surface area (Å²) in [5.74, 6) is -0.912. The Bertz CT molecular complexity index is 1330. The van der Waals surface area contributed by atoms with Crippen LogP contribution in [0.3, 0.4) is 0 Å². The number of carbonyl (C=O) groups is 3. The first-order valence-corrected chi connectivity index (χ1v) is 15.6. The number of nitrogens with one attached hydrogen (secondary N) is 1. The van der Waals surface area contributed by atoms with Gasteiger partial charge in [0.1, 0.15) is 24.3 Å². The molecule has 0 radical (unpaired) electrons. The van der Waals surface area contributed by atoms with Crippen molar-refractivity contribution in [2.75, 3.05) is 0 Å². The molecule has 4 N–H and O–H groups in total. The third-order valence-electron chi connectivity index (χ3n) is 8.43. The molecule has 44 heavy (non-hydrogen) atoms. The molecule has 2 aliphatic rings. The van der Waals surface area contributed by atoms with Crippen LogP contribution in [0.5, 0.6) is 0 Å². The smallest absolute Gasteiger partial charge is 0.332 e. The van der Waals surface area contributed by atoms with Gasteiger partial charge in [-0.25, -0.2) is 4.79 Å². The molecule has 2 aliphatic carbocycles. The molecule has 3 aromatic carbocycles. The Morgan fingerprint density at radius 3 is 1.61 bits per heavy atom. The lowest BCUT2D eigenvalue weighted by Gasteiger charge is -2.35. The second kappa shape index (κ2) is 16.2. The summed E-state index contributed by atoms with van der Waals surface area (Å²) < 4.78 is 10.9. The lowest BCUT2D eigenvalue weighted by Crippen LogP contribution is -2.56. The Labute approximate surface area is 260 Å². The predicted octanol–water partition coefficient (Wildman–Crippen LogP) is 5.75. The van der Waals surface area contributed by atoms with E-state index in [1.165, 1.54) is 6.42 Å². The molecule has 0 unspecified atom stereocenters. The van der Waals surface area contributed by atoms with Gasteiger partial charge in [0.2, 0.25) is 0 Å². The van der Waals surface area contributed by atoms with Crippen molar-refractivity contribution in [3.05, 3.63) is 107 Å². The van der Waals surface area contributed by atoms with Crippen molar-refractivity contribution in [3.8, 4) is 0 Å². The Hall–Kier alpha value is -4.01. The third-order valence-corrected chi connectivity index (χ3v) is 8.43. The lowest BCUT2D eigenvalue weighted by molar-refractivity contribution is -0.154. The van der Waals surface area contributed by atoms with Gasteiger partial charge in [-0.2, -0.15) is 0 Å². The van der Waals surface area contributed by atoms with E-state index in [0.717, 1.165) is 61.6 Å². The Kier molecular flexibility index (Phi) is 12.1. The molecule has 234 valence electrons. The van der Waals surface area contributed by atoms with Crippen LogP contribution >= 0.6 is 0 Å². The van der Waals surface area contributed by atoms with Crippen molar-refractivity contribution in [1.82, 2.24) is 5.32 Å². The van der Waals surface area contributed by atoms with Crippen LogP contribution in [0, 0.1) is 0 Å². The monoisotopic (exact) mass is 600 g/mol. The summed E-state index contributed by atoms with van der Waals surface area (Å²) in [5.41, 5.74) is 7.50. The van der Waals surface area contributed by atoms with E-state index in [-0.39, 0.29) is 31.1 Å². The van der Waals surface area contributed by atoms with E-state index in [4.69, 9.17) is 20.3 Å². The molecule has 5 rings (SSSR count). The molecule has 0 heterocycles. The van der Waals surface area contributed by atoms with E-state index in [9.17, 15) is 14.4 Å². The first kappa shape index (κ1) is 32.9. The Morgan fingerprint density at radius 1 is 0.636 bits per heavy atom. The highest BCUT2D eigenvalue weighted by molar-refractivity contribution is 5.98. The highest BCUT2D eigenvalue weighted by Gasteiger charge is 2.42. The summed E-state index contributed by atoms with van der Waals surface area (Å²) in [4.78, 5) is 37.6. The van der Waals surface area contributed by atoms with Gasteiger partial charge >= 0.3 is 11.9 Å². The number of aliphatic hydroxyl groups excluding tert-OH is 1. The van der Waals surface area contributed by atoms with E-state index in [2.05, 4.69) is 5.32 Å². The van der Waals surface area contributed by atoms with Crippen molar-refractivity contribution in [2.24, 2.45) is 5.73 Å². The third kappa shape index (κ3) is 9.24. The fourth-order valence-corrected chi connectivity index (χ4v) is 5.70. The highest BCUT2D eigenvalue weighted by Crippen LogP contribution is 2.30. The second-order valence-corrected chi connectivity index (χ2v) is 11.8. The van der Waals surface area contributed by atoms with Crippen molar-refractivity contribution in [3.63, 3.8) is 0 Å². The maximum absolute atomic E-state index is 12.9. The van der Waals surface area contributed by atoms with Crippen molar-refractivity contribution in [2.45, 2.75) is 95.1 Å². The number of aliphatic hydroxyl groups is 1. The molecule has 1 amide bonds. The first-order valence-electron chi connectivity index (χ1n) is 15.6. The molecule has 0 atom stereocenters. The lowest BCUT2D eigenvalue weighted by atomic mass is 9.81. The number of nitrogens with two attached hydrogens (primary N) is 1. The van der Waals surface area contributed by atoms with E-state index >= 15 is 0 Å². The average molecular weight is 601 g/mol. The summed E-state index contributed by atoms with van der Waals surface area (Å²) in [6.07, 6.45) is 8.70. The summed E-state index contributed by atoms with van der Waals surface area (Å²) in [7, 11) is 0. The Balaban J connectivity index is 0.000000223. The van der Waals surface area contributed by atoms with Crippen molar-refractivity contribution in [1.29, 1.82) is 0 Å². The zero-order valence-electron chi connectivity index (χ0n) is 25.3. The van der Waals surface area contributed by atoms with Gasteiger partial charge in [0.05, 0.1) is 6.61 Å². The molecule has 2 fully saturated rings. The molecule has 0 bridgehead atoms. The van der Waals surface area contributed by atoms with Gasteiger partial charge in [0.15, 0.2) is 0 Å². The van der Waals surface area contributed by atoms with Crippen LogP contribution in [0.2, 0.25) is 0 Å². The van der Waals surface area contributed by atoms with Gasteiger partial charge in [0.25, 0.3) is 5.91 Å². The number of benzene rings is 3. The van der Waals surface area contributed by atoms with Gasteiger partial charge in [-0.05, 0) is 54.5 Å². The van der Waals surface area contributed by atoms with E-state index in [1.807, 2.05) is 60.7 Å². The van der Waals surface area contributed by atoms with E-state index in [0.29, 0.717) is 25.0 Å². The van der Waals surface area contributed by atoms with Crippen LogP contribution in [0.4, 0.5) is 0 Å². The number of esters is 2. The number of rotatable bonds is 9. The summed E-state index contributed by atoms with van der Waals surface area (Å²) >= 11 is 0. The largest absolute Gasteiger partial charge is 0.459 e. The standard InChI is InChI=1S/C22H25NO4.C14H19NO2/c24-15-17-9-11-19(12-10-17)20(25)23-22(13-5-2-6-14-22)21(26)27-16-18-7-3-1-4-8-18;15-14(9-5-2-6-10-14)13(16)17-11-12-7-3-1-4-8-12/h1,3-4,7-12,24H,2,5-6,13-16H2,(H,23,25);1,3-4,7-8H,2,5-6,9-11,15H2. The minimum absolute atomic E-state index is 0.0718. The van der Waals surface area contributed by atoms with Gasteiger partial charge in [-0.3, -0.25) is 9.59 Å². The topological polar surface area (TPSA) is 128 Å². The van der Waals surface area contributed by atoms with Crippen LogP contribution in [0.1, 0.15) is 91.3 Å². The van der Waals surface area contributed by atoms with Crippen molar-refractivity contribution < 1.29 is 29.0 Å². The summed E-state index contributed by atoms with van der Waals surface area (Å²) in [6.45, 7) is 0.443. The number of ether oxygens (including phenoxy) is 2. The second-order valence-electron chi connectivity index (χ2n) is 11.8. The zero-order chi connectivity index (χ0) is 31.3. The normalized spacial score (nSPS) is 16.9. The number of hydrogen-bond acceptors (Lipinski definition) is 7. The SMILES string of the molecule is NC1(C(=O)OCc2ccccc2)CCCCC1.O=C(NC1(C(=O)OCc2ccccc2)CCCCC1)c1ccc(CO)cc1. The molecule has 2 saturated carbocycles. The highest BCUT2D eigenvalue weighted by atomic mass is 16.5. The first-order chi connectivity index (χ1) is 21.3. The van der Waals surface area contributed by atoms with Crippen molar-refractivity contribution >= 4 is 17.8 Å². The van der Waals surface area contributed by atoms with Crippen LogP contribution in [0.15, 0.2) is 84.9 Å². The molecule has 8 heteroatoms. The molecule has 0 saturated heterocycles. The maximum atomic E-state index is 12.9. The van der Waals surface area contributed by atoms with Gasteiger partial charge < -0.3 is 25.6 Å². The Morgan fingerprint density at radius 2 is 1.11 bits per heavy atom. The zero-order valence-corrected chi connectivity index (χ0v) is 25.3. The summed E-state index contributed by atoms with van der Waals surface area (Å²) in [6, 6.07) is 25.9. The molecule has 8 nitrogen and oxygen atoms in total. The van der Waals surface area contributed by atoms with Crippen LogP contribution in [0.25, 0.3) is 0 Å². The van der Waals surface area contributed by atoms with E-state index in [1.54, 1.807) is 24.3 Å². The predicted molar refractivity (Wildman–Crippen MR) is 168 cm³/mol. The van der Waals surface area contributed by atoms with E-state index < -0.39 is 11.1 Å². The number of amides is 1. The van der Waals surface area contributed by atoms with Gasteiger partial charge in [0, 0.05) is 5.56 Å². The number of hydrogen-bond donors (Lipinski definition) is 3. The molecular formula is C36H44N2O6. The van der Waals surface area contributed by atoms with Crippen LogP contribution in [-0.2, 0) is 38.9 Å². The molecular weight excluding hydrogens is 556 g/mol. The maximum Gasteiger partial charge on any atom is 0.332 e. The minimum Gasteiger partial charge on any atom is -0.459 e. The van der Waals surface area contributed by atoms with Crippen LogP contribution < -0.4 is 11.1 Å². The minimum atomic E-state index is -0.972. The van der Waals surface area contributed by atoms with Crippen LogP contribution in [-0.4, -0.2) is 34.0 Å². The molecule has 0 aliphatic heterocycles. The van der Waals surface area contributed by atoms with Gasteiger partial charge in [-0.1, -0.05) is 111 Å². The fraction of sp³-hybridized carbons (Fsp3) is 0.417. The molecule has 0 aromatic heterocycles. The van der Waals surface area contributed by atoms with Gasteiger partial charge in [-0.15, -0.1) is 0 Å².